The van der Waals surface area contributed by atoms with Crippen molar-refractivity contribution in [2.24, 2.45) is 0 Å². The SMILES string of the molecule is COc1cc(N)c(C(=O)NCC2CSCCS2)cc1OC. The molecule has 2 rings (SSSR count). The first-order valence-corrected chi connectivity index (χ1v) is 8.85. The first-order valence-electron chi connectivity index (χ1n) is 6.64. The van der Waals surface area contributed by atoms with Crippen molar-refractivity contribution >= 4 is 35.1 Å². The van der Waals surface area contributed by atoms with E-state index in [9.17, 15) is 4.79 Å². The number of nitrogens with one attached hydrogen (secondary N) is 1. The first-order chi connectivity index (χ1) is 10.2. The minimum absolute atomic E-state index is 0.176. The van der Waals surface area contributed by atoms with Gasteiger partial charge in [0.05, 0.1) is 19.8 Å². The van der Waals surface area contributed by atoms with E-state index in [0.29, 0.717) is 34.5 Å². The van der Waals surface area contributed by atoms with Gasteiger partial charge in [0.25, 0.3) is 5.91 Å². The fourth-order valence-electron chi connectivity index (χ4n) is 2.05. The van der Waals surface area contributed by atoms with Gasteiger partial charge in [-0.2, -0.15) is 23.5 Å². The second kappa shape index (κ2) is 7.70. The molecule has 0 spiro atoms. The van der Waals surface area contributed by atoms with Crippen molar-refractivity contribution in [3.63, 3.8) is 0 Å². The van der Waals surface area contributed by atoms with E-state index >= 15 is 0 Å². The number of anilines is 1. The number of ether oxygens (including phenoxy) is 2. The molecule has 1 aliphatic heterocycles. The molecule has 3 N–H and O–H groups in total. The van der Waals surface area contributed by atoms with E-state index in [1.807, 2.05) is 23.5 Å². The Balaban J connectivity index is 2.04. The summed E-state index contributed by atoms with van der Waals surface area (Å²) in [5.41, 5.74) is 6.73. The summed E-state index contributed by atoms with van der Waals surface area (Å²) in [6.45, 7) is 0.657. The van der Waals surface area contributed by atoms with Gasteiger partial charge in [-0.15, -0.1) is 0 Å². The van der Waals surface area contributed by atoms with Gasteiger partial charge in [0.2, 0.25) is 0 Å². The van der Waals surface area contributed by atoms with Crippen molar-refractivity contribution in [1.82, 2.24) is 5.32 Å². The van der Waals surface area contributed by atoms with Crippen LogP contribution in [0, 0.1) is 0 Å². The zero-order valence-electron chi connectivity index (χ0n) is 12.2. The summed E-state index contributed by atoms with van der Waals surface area (Å²) in [6.07, 6.45) is 0. The molecule has 1 saturated heterocycles. The van der Waals surface area contributed by atoms with Crippen LogP contribution in [0.1, 0.15) is 10.4 Å². The largest absolute Gasteiger partial charge is 0.493 e. The van der Waals surface area contributed by atoms with Crippen LogP contribution in [0.25, 0.3) is 0 Å². The van der Waals surface area contributed by atoms with Crippen molar-refractivity contribution in [2.75, 3.05) is 43.8 Å². The van der Waals surface area contributed by atoms with Crippen molar-refractivity contribution in [2.45, 2.75) is 5.25 Å². The molecule has 21 heavy (non-hydrogen) atoms. The van der Waals surface area contributed by atoms with Crippen molar-refractivity contribution in [1.29, 1.82) is 0 Å². The van der Waals surface area contributed by atoms with E-state index in [0.717, 1.165) is 11.5 Å². The second-order valence-corrected chi connectivity index (χ2v) is 7.13. The lowest BCUT2D eigenvalue weighted by Gasteiger charge is -2.21. The summed E-state index contributed by atoms with van der Waals surface area (Å²) in [4.78, 5) is 12.3. The molecule has 1 unspecified atom stereocenters. The summed E-state index contributed by atoms with van der Waals surface area (Å²) in [5.74, 6) is 4.25. The summed E-state index contributed by atoms with van der Waals surface area (Å²) in [5, 5.41) is 3.42. The Bertz CT molecular complexity index is 505. The Labute approximate surface area is 133 Å². The van der Waals surface area contributed by atoms with Gasteiger partial charge in [-0.1, -0.05) is 0 Å². The van der Waals surface area contributed by atoms with Crippen molar-refractivity contribution in [3.8, 4) is 11.5 Å². The second-order valence-electron chi connectivity index (χ2n) is 4.57. The van der Waals surface area contributed by atoms with Crippen LogP contribution in [0.4, 0.5) is 5.69 Å². The zero-order chi connectivity index (χ0) is 15.2. The maximum absolute atomic E-state index is 12.3. The standard InChI is InChI=1S/C14H20N2O3S2/c1-18-12-5-10(11(15)6-13(12)19-2)14(17)16-7-9-8-20-3-4-21-9/h5-6,9H,3-4,7-8,15H2,1-2H3,(H,16,17). The minimum Gasteiger partial charge on any atom is -0.493 e. The van der Waals surface area contributed by atoms with E-state index < -0.39 is 0 Å². The van der Waals surface area contributed by atoms with Crippen LogP contribution in [0.5, 0.6) is 11.5 Å². The van der Waals surface area contributed by atoms with Gasteiger partial charge in [0.15, 0.2) is 11.5 Å². The van der Waals surface area contributed by atoms with Gasteiger partial charge in [-0.3, -0.25) is 4.79 Å². The molecule has 1 amide bonds. The number of methoxy groups -OCH3 is 2. The number of hydrogen-bond donors (Lipinski definition) is 2. The van der Waals surface area contributed by atoms with Gasteiger partial charge in [0.1, 0.15) is 0 Å². The number of carbonyl (C=O) groups excluding carboxylic acids is 1. The first kappa shape index (κ1) is 16.2. The summed E-state index contributed by atoms with van der Waals surface area (Å²) >= 11 is 3.84. The molecular weight excluding hydrogens is 308 g/mol. The summed E-state index contributed by atoms with van der Waals surface area (Å²) < 4.78 is 10.4. The van der Waals surface area contributed by atoms with E-state index in [1.165, 1.54) is 20.0 Å². The molecule has 0 bridgehead atoms. The van der Waals surface area contributed by atoms with Crippen LogP contribution in [0.15, 0.2) is 12.1 Å². The van der Waals surface area contributed by atoms with Crippen LogP contribution in [0.3, 0.4) is 0 Å². The molecule has 1 atom stereocenters. The molecule has 0 saturated carbocycles. The molecule has 0 aliphatic carbocycles. The number of nitrogens with two attached hydrogens (primary N) is 1. The van der Waals surface area contributed by atoms with Crippen molar-refractivity contribution < 1.29 is 14.3 Å². The van der Waals surface area contributed by atoms with E-state index in [4.69, 9.17) is 15.2 Å². The Kier molecular flexibility index (Phi) is 5.93. The molecule has 0 radical (unpaired) electrons. The lowest BCUT2D eigenvalue weighted by Crippen LogP contribution is -2.33. The molecule has 7 heteroatoms. The van der Waals surface area contributed by atoms with Gasteiger partial charge >= 0.3 is 0 Å². The summed E-state index contributed by atoms with van der Waals surface area (Å²) in [7, 11) is 3.07. The predicted octanol–water partition coefficient (Wildman–Crippen LogP) is 1.86. The Hall–Kier alpha value is -1.21. The van der Waals surface area contributed by atoms with E-state index in [-0.39, 0.29) is 5.91 Å². The monoisotopic (exact) mass is 328 g/mol. The van der Waals surface area contributed by atoms with Crippen molar-refractivity contribution in [3.05, 3.63) is 17.7 Å². The molecule has 116 valence electrons. The third-order valence-corrected chi connectivity index (χ3v) is 6.02. The molecule has 0 aromatic heterocycles. The average molecular weight is 328 g/mol. The number of amides is 1. The number of rotatable bonds is 5. The van der Waals surface area contributed by atoms with Crippen LogP contribution in [-0.4, -0.2) is 49.2 Å². The molecule has 1 fully saturated rings. The summed E-state index contributed by atoms with van der Waals surface area (Å²) in [6, 6.07) is 3.23. The van der Waals surface area contributed by atoms with Gasteiger partial charge in [0, 0.05) is 40.8 Å². The highest BCUT2D eigenvalue weighted by Crippen LogP contribution is 2.32. The molecule has 1 heterocycles. The Morgan fingerprint density at radius 1 is 1.33 bits per heavy atom. The number of nitrogen functional groups attached to an aromatic ring is 1. The molecular formula is C14H20N2O3S2. The highest BCUT2D eigenvalue weighted by molar-refractivity contribution is 8.06. The van der Waals surface area contributed by atoms with Gasteiger partial charge in [-0.25, -0.2) is 0 Å². The zero-order valence-corrected chi connectivity index (χ0v) is 13.8. The number of benzene rings is 1. The third kappa shape index (κ3) is 4.14. The van der Waals surface area contributed by atoms with Crippen LogP contribution >= 0.6 is 23.5 Å². The lowest BCUT2D eigenvalue weighted by atomic mass is 10.1. The fourth-order valence-corrected chi connectivity index (χ4v) is 4.66. The van der Waals surface area contributed by atoms with Crippen LogP contribution in [-0.2, 0) is 0 Å². The molecule has 1 aliphatic rings. The number of thioether (sulfide) groups is 2. The fraction of sp³-hybridized carbons (Fsp3) is 0.500. The highest BCUT2D eigenvalue weighted by atomic mass is 32.2. The molecule has 5 nitrogen and oxygen atoms in total. The molecule has 1 aromatic carbocycles. The van der Waals surface area contributed by atoms with E-state index in [2.05, 4.69) is 5.32 Å². The Morgan fingerprint density at radius 2 is 2.05 bits per heavy atom. The molecule has 1 aromatic rings. The quantitative estimate of drug-likeness (QED) is 0.804. The van der Waals surface area contributed by atoms with Crippen LogP contribution < -0.4 is 20.5 Å². The Morgan fingerprint density at radius 3 is 2.67 bits per heavy atom. The normalized spacial score (nSPS) is 18.1. The smallest absolute Gasteiger partial charge is 0.253 e. The predicted molar refractivity (Wildman–Crippen MR) is 89.9 cm³/mol. The maximum atomic E-state index is 12.3. The lowest BCUT2D eigenvalue weighted by molar-refractivity contribution is 0.0954. The topological polar surface area (TPSA) is 73.6 Å². The van der Waals surface area contributed by atoms with E-state index in [1.54, 1.807) is 12.1 Å². The maximum Gasteiger partial charge on any atom is 0.253 e. The van der Waals surface area contributed by atoms with Gasteiger partial charge < -0.3 is 20.5 Å². The van der Waals surface area contributed by atoms with Crippen LogP contribution in [0.2, 0.25) is 0 Å². The van der Waals surface area contributed by atoms with Gasteiger partial charge in [-0.05, 0) is 6.07 Å². The third-order valence-electron chi connectivity index (χ3n) is 3.18. The number of carbonyl (C=O) groups is 1. The average Bonchev–Trinajstić information content (AvgIpc) is 2.53. The highest BCUT2D eigenvalue weighted by Gasteiger charge is 2.18. The number of hydrogen-bond acceptors (Lipinski definition) is 6. The minimum atomic E-state index is -0.176.